The standard InChI is InChI=1S/C13H9BrFNO/c1-8-2-3-9(7-16-8)13(17)11-5-4-10(14)6-12(11)15/h2-7H,1H3. The molecule has 0 N–H and O–H groups in total. The van der Waals surface area contributed by atoms with Crippen LogP contribution in [0, 0.1) is 12.7 Å². The Labute approximate surface area is 107 Å². The Balaban J connectivity index is 2.40. The van der Waals surface area contributed by atoms with Crippen LogP contribution in [0.4, 0.5) is 4.39 Å². The van der Waals surface area contributed by atoms with E-state index in [1.807, 2.05) is 6.92 Å². The minimum Gasteiger partial charge on any atom is -0.288 e. The van der Waals surface area contributed by atoms with Crippen LogP contribution in [0.15, 0.2) is 41.0 Å². The Bertz CT molecular complexity index is 566. The number of aryl methyl sites for hydroxylation is 1. The van der Waals surface area contributed by atoms with E-state index >= 15 is 0 Å². The lowest BCUT2D eigenvalue weighted by molar-refractivity contribution is 0.103. The van der Waals surface area contributed by atoms with Gasteiger partial charge in [0, 0.05) is 21.9 Å². The van der Waals surface area contributed by atoms with Crippen molar-refractivity contribution in [3.8, 4) is 0 Å². The molecule has 2 aromatic rings. The maximum absolute atomic E-state index is 13.6. The first kappa shape index (κ1) is 11.9. The molecule has 0 aliphatic carbocycles. The molecule has 17 heavy (non-hydrogen) atoms. The lowest BCUT2D eigenvalue weighted by atomic mass is 10.0. The van der Waals surface area contributed by atoms with Crippen molar-refractivity contribution in [1.82, 2.24) is 4.98 Å². The Hall–Kier alpha value is -1.55. The second-order valence-electron chi connectivity index (χ2n) is 3.64. The van der Waals surface area contributed by atoms with Crippen LogP contribution >= 0.6 is 15.9 Å². The van der Waals surface area contributed by atoms with Crippen molar-refractivity contribution in [3.63, 3.8) is 0 Å². The first-order valence-electron chi connectivity index (χ1n) is 5.00. The molecule has 0 bridgehead atoms. The summed E-state index contributed by atoms with van der Waals surface area (Å²) in [7, 11) is 0. The summed E-state index contributed by atoms with van der Waals surface area (Å²) in [6.45, 7) is 1.83. The van der Waals surface area contributed by atoms with Crippen molar-refractivity contribution in [1.29, 1.82) is 0 Å². The van der Waals surface area contributed by atoms with Crippen LogP contribution < -0.4 is 0 Å². The van der Waals surface area contributed by atoms with Gasteiger partial charge in [-0.3, -0.25) is 9.78 Å². The molecule has 0 saturated carbocycles. The number of pyridine rings is 1. The highest BCUT2D eigenvalue weighted by Gasteiger charge is 2.14. The van der Waals surface area contributed by atoms with Gasteiger partial charge in [-0.1, -0.05) is 15.9 Å². The van der Waals surface area contributed by atoms with Gasteiger partial charge in [-0.05, 0) is 37.3 Å². The van der Waals surface area contributed by atoms with E-state index in [1.165, 1.54) is 18.3 Å². The number of rotatable bonds is 2. The first-order chi connectivity index (χ1) is 8.08. The Morgan fingerprint density at radius 2 is 2.06 bits per heavy atom. The van der Waals surface area contributed by atoms with Gasteiger partial charge in [0.15, 0.2) is 5.78 Å². The zero-order chi connectivity index (χ0) is 12.4. The fourth-order valence-corrected chi connectivity index (χ4v) is 1.76. The largest absolute Gasteiger partial charge is 0.288 e. The highest BCUT2D eigenvalue weighted by Crippen LogP contribution is 2.18. The highest BCUT2D eigenvalue weighted by atomic mass is 79.9. The maximum Gasteiger partial charge on any atom is 0.197 e. The summed E-state index contributed by atoms with van der Waals surface area (Å²) in [6, 6.07) is 7.74. The molecule has 1 heterocycles. The normalized spacial score (nSPS) is 10.3. The van der Waals surface area contributed by atoms with Crippen LogP contribution in [0.5, 0.6) is 0 Å². The number of nitrogens with zero attached hydrogens (tertiary/aromatic N) is 1. The van der Waals surface area contributed by atoms with E-state index in [-0.39, 0.29) is 11.3 Å². The van der Waals surface area contributed by atoms with Gasteiger partial charge in [0.05, 0.1) is 5.56 Å². The Kier molecular flexibility index (Phi) is 3.33. The first-order valence-corrected chi connectivity index (χ1v) is 5.79. The molecule has 4 heteroatoms. The Morgan fingerprint density at radius 1 is 1.29 bits per heavy atom. The molecule has 1 aromatic carbocycles. The fourth-order valence-electron chi connectivity index (χ4n) is 1.43. The number of ketones is 1. The third kappa shape index (κ3) is 2.58. The molecular weight excluding hydrogens is 285 g/mol. The topological polar surface area (TPSA) is 30.0 Å². The summed E-state index contributed by atoms with van der Waals surface area (Å²) in [5.41, 5.74) is 1.26. The second-order valence-corrected chi connectivity index (χ2v) is 4.56. The summed E-state index contributed by atoms with van der Waals surface area (Å²) in [4.78, 5) is 16.0. The minimum absolute atomic E-state index is 0.0545. The molecule has 0 fully saturated rings. The zero-order valence-electron chi connectivity index (χ0n) is 9.08. The van der Waals surface area contributed by atoms with Gasteiger partial charge in [-0.2, -0.15) is 0 Å². The van der Waals surface area contributed by atoms with Crippen molar-refractivity contribution in [2.24, 2.45) is 0 Å². The van der Waals surface area contributed by atoms with Gasteiger partial charge < -0.3 is 0 Å². The highest BCUT2D eigenvalue weighted by molar-refractivity contribution is 9.10. The maximum atomic E-state index is 13.6. The van der Waals surface area contributed by atoms with E-state index in [4.69, 9.17) is 0 Å². The quantitative estimate of drug-likeness (QED) is 0.793. The van der Waals surface area contributed by atoms with E-state index in [2.05, 4.69) is 20.9 Å². The van der Waals surface area contributed by atoms with Gasteiger partial charge in [-0.25, -0.2) is 4.39 Å². The van der Waals surface area contributed by atoms with Crippen LogP contribution in [0.25, 0.3) is 0 Å². The van der Waals surface area contributed by atoms with E-state index in [1.54, 1.807) is 18.2 Å². The number of benzene rings is 1. The number of aromatic nitrogens is 1. The third-order valence-corrected chi connectivity index (χ3v) is 2.84. The van der Waals surface area contributed by atoms with Crippen molar-refractivity contribution in [2.75, 3.05) is 0 Å². The van der Waals surface area contributed by atoms with Crippen LogP contribution in [-0.2, 0) is 0 Å². The predicted molar refractivity (Wildman–Crippen MR) is 66.5 cm³/mol. The molecule has 1 aromatic heterocycles. The van der Waals surface area contributed by atoms with Crippen LogP contribution in [0.2, 0.25) is 0 Å². The van der Waals surface area contributed by atoms with E-state index < -0.39 is 5.82 Å². The molecule has 0 amide bonds. The molecule has 0 spiro atoms. The Morgan fingerprint density at radius 3 is 2.65 bits per heavy atom. The zero-order valence-corrected chi connectivity index (χ0v) is 10.7. The van der Waals surface area contributed by atoms with Crippen LogP contribution in [0.1, 0.15) is 21.6 Å². The van der Waals surface area contributed by atoms with Gasteiger partial charge in [-0.15, -0.1) is 0 Å². The summed E-state index contributed by atoms with van der Waals surface area (Å²) in [6.07, 6.45) is 1.46. The molecule has 0 radical (unpaired) electrons. The van der Waals surface area contributed by atoms with Crippen LogP contribution in [-0.4, -0.2) is 10.8 Å². The van der Waals surface area contributed by atoms with Gasteiger partial charge >= 0.3 is 0 Å². The van der Waals surface area contributed by atoms with E-state index in [0.717, 1.165) is 5.69 Å². The lowest BCUT2D eigenvalue weighted by Crippen LogP contribution is -2.04. The molecule has 86 valence electrons. The van der Waals surface area contributed by atoms with Crippen molar-refractivity contribution >= 4 is 21.7 Å². The average Bonchev–Trinajstić information content (AvgIpc) is 2.29. The molecular formula is C13H9BrFNO. The predicted octanol–water partition coefficient (Wildman–Crippen LogP) is 3.52. The molecule has 0 saturated heterocycles. The van der Waals surface area contributed by atoms with Gasteiger partial charge in [0.1, 0.15) is 5.82 Å². The minimum atomic E-state index is -0.537. The second kappa shape index (κ2) is 4.75. The molecule has 0 aliphatic heterocycles. The number of hydrogen-bond acceptors (Lipinski definition) is 2. The summed E-state index contributed by atoms with van der Waals surface area (Å²) in [5.74, 6) is -0.896. The van der Waals surface area contributed by atoms with Gasteiger partial charge in [0.2, 0.25) is 0 Å². The van der Waals surface area contributed by atoms with E-state index in [9.17, 15) is 9.18 Å². The molecule has 0 unspecified atom stereocenters. The fraction of sp³-hybridized carbons (Fsp3) is 0.0769. The monoisotopic (exact) mass is 293 g/mol. The third-order valence-electron chi connectivity index (χ3n) is 2.35. The number of carbonyl (C=O) groups excluding carboxylic acids is 1. The summed E-state index contributed by atoms with van der Waals surface area (Å²) >= 11 is 3.15. The SMILES string of the molecule is Cc1ccc(C(=O)c2ccc(Br)cc2F)cn1. The van der Waals surface area contributed by atoms with Crippen LogP contribution in [0.3, 0.4) is 0 Å². The van der Waals surface area contributed by atoms with Crippen molar-refractivity contribution in [2.45, 2.75) is 6.92 Å². The number of carbonyl (C=O) groups is 1. The average molecular weight is 294 g/mol. The molecule has 2 rings (SSSR count). The van der Waals surface area contributed by atoms with Crippen molar-refractivity contribution in [3.05, 3.63) is 63.6 Å². The molecule has 0 aliphatic rings. The van der Waals surface area contributed by atoms with Crippen molar-refractivity contribution < 1.29 is 9.18 Å². The number of hydrogen-bond donors (Lipinski definition) is 0. The van der Waals surface area contributed by atoms with E-state index in [0.29, 0.717) is 10.0 Å². The molecule has 0 atom stereocenters. The number of halogens is 2. The smallest absolute Gasteiger partial charge is 0.197 e. The summed E-state index contributed by atoms with van der Waals surface area (Å²) in [5, 5.41) is 0. The summed E-state index contributed by atoms with van der Waals surface area (Å²) < 4.78 is 14.2. The van der Waals surface area contributed by atoms with Gasteiger partial charge in [0.25, 0.3) is 0 Å². The molecule has 2 nitrogen and oxygen atoms in total. The lowest BCUT2D eigenvalue weighted by Gasteiger charge is -2.03.